The third kappa shape index (κ3) is 4.93. The molecule has 28 heavy (non-hydrogen) atoms. The Morgan fingerprint density at radius 3 is 2.64 bits per heavy atom. The molecule has 1 aliphatic rings. The second-order valence-electron chi connectivity index (χ2n) is 7.00. The van der Waals surface area contributed by atoms with Crippen LogP contribution >= 0.6 is 15.9 Å². The Morgan fingerprint density at radius 2 is 1.89 bits per heavy atom. The van der Waals surface area contributed by atoms with Crippen molar-refractivity contribution in [3.05, 3.63) is 71.0 Å². The van der Waals surface area contributed by atoms with Gasteiger partial charge in [-0.15, -0.1) is 0 Å². The monoisotopic (exact) mass is 447 g/mol. The van der Waals surface area contributed by atoms with Crippen LogP contribution in [0, 0.1) is 5.92 Å². The van der Waals surface area contributed by atoms with Gasteiger partial charge in [-0.2, -0.15) is 8.78 Å². The summed E-state index contributed by atoms with van der Waals surface area (Å²) in [5.41, 5.74) is 3.20. The van der Waals surface area contributed by atoms with Crippen molar-refractivity contribution in [2.75, 3.05) is 6.61 Å². The first-order valence-corrected chi connectivity index (χ1v) is 9.98. The molecule has 0 spiro atoms. The van der Waals surface area contributed by atoms with E-state index in [9.17, 15) is 8.78 Å². The van der Waals surface area contributed by atoms with Crippen LogP contribution < -0.4 is 9.47 Å². The minimum Gasteiger partial charge on any atom is -0.489 e. The summed E-state index contributed by atoms with van der Waals surface area (Å²) in [7, 11) is 0. The van der Waals surface area contributed by atoms with Crippen molar-refractivity contribution in [2.24, 2.45) is 5.92 Å². The van der Waals surface area contributed by atoms with Crippen molar-refractivity contribution in [3.63, 3.8) is 0 Å². The van der Waals surface area contributed by atoms with Gasteiger partial charge in [-0.25, -0.2) is 0 Å². The van der Waals surface area contributed by atoms with Crippen LogP contribution in [-0.2, 0) is 6.54 Å². The molecule has 0 radical (unpaired) electrons. The number of hydrogen-bond acceptors (Lipinski definition) is 2. The second kappa shape index (κ2) is 8.35. The SMILES string of the molecule is FC(F)Oc1ccc(Cn2ccc(-c3cccc(Br)c3)c2)cc1OCC1CC1. The van der Waals surface area contributed by atoms with Gasteiger partial charge in [-0.1, -0.05) is 34.1 Å². The zero-order valence-electron chi connectivity index (χ0n) is 15.2. The van der Waals surface area contributed by atoms with E-state index in [1.165, 1.54) is 0 Å². The molecule has 3 aromatic rings. The largest absolute Gasteiger partial charge is 0.489 e. The fourth-order valence-electron chi connectivity index (χ4n) is 3.04. The number of nitrogens with zero attached hydrogens (tertiary/aromatic N) is 1. The van der Waals surface area contributed by atoms with E-state index in [2.05, 4.69) is 49.6 Å². The summed E-state index contributed by atoms with van der Waals surface area (Å²) in [6.45, 7) is -1.71. The third-order valence-electron chi connectivity index (χ3n) is 4.67. The quantitative estimate of drug-likeness (QED) is 0.401. The number of rotatable bonds is 8. The predicted octanol–water partition coefficient (Wildman–Crippen LogP) is 6.36. The topological polar surface area (TPSA) is 23.4 Å². The van der Waals surface area contributed by atoms with Crippen molar-refractivity contribution in [1.29, 1.82) is 0 Å². The molecule has 0 bridgehead atoms. The third-order valence-corrected chi connectivity index (χ3v) is 5.16. The van der Waals surface area contributed by atoms with Gasteiger partial charge in [-0.05, 0) is 65.8 Å². The molecule has 0 N–H and O–H groups in total. The van der Waals surface area contributed by atoms with Crippen molar-refractivity contribution >= 4 is 15.9 Å². The maximum Gasteiger partial charge on any atom is 0.387 e. The van der Waals surface area contributed by atoms with Crippen LogP contribution in [0.1, 0.15) is 18.4 Å². The fraction of sp³-hybridized carbons (Fsp3) is 0.273. The van der Waals surface area contributed by atoms with Gasteiger partial charge < -0.3 is 14.0 Å². The molecular formula is C22H20BrF2NO2. The lowest BCUT2D eigenvalue weighted by Crippen LogP contribution is -2.07. The minimum absolute atomic E-state index is 0.0849. The van der Waals surface area contributed by atoms with Gasteiger partial charge >= 0.3 is 6.61 Å². The van der Waals surface area contributed by atoms with Gasteiger partial charge in [0.05, 0.1) is 6.61 Å². The van der Waals surface area contributed by atoms with Crippen molar-refractivity contribution in [3.8, 4) is 22.6 Å². The average Bonchev–Trinajstić information content (AvgIpc) is 3.38. The van der Waals surface area contributed by atoms with E-state index < -0.39 is 6.61 Å². The van der Waals surface area contributed by atoms with Gasteiger partial charge in [0.25, 0.3) is 0 Å². The van der Waals surface area contributed by atoms with E-state index in [4.69, 9.17) is 4.74 Å². The highest BCUT2D eigenvalue weighted by Crippen LogP contribution is 2.34. The van der Waals surface area contributed by atoms with Crippen molar-refractivity contribution in [2.45, 2.75) is 26.0 Å². The summed E-state index contributed by atoms with van der Waals surface area (Å²) in [6.07, 6.45) is 6.33. The molecule has 0 aliphatic heterocycles. The van der Waals surface area contributed by atoms with Crippen LogP contribution in [0.25, 0.3) is 11.1 Å². The second-order valence-corrected chi connectivity index (χ2v) is 7.91. The van der Waals surface area contributed by atoms with Crippen LogP contribution in [0.2, 0.25) is 0 Å². The molecule has 2 aromatic carbocycles. The summed E-state index contributed by atoms with van der Waals surface area (Å²) in [5, 5.41) is 0. The van der Waals surface area contributed by atoms with Gasteiger partial charge in [0.1, 0.15) is 0 Å². The number of hydrogen-bond donors (Lipinski definition) is 0. The molecule has 0 saturated heterocycles. The molecule has 1 aliphatic carbocycles. The van der Waals surface area contributed by atoms with E-state index in [1.807, 2.05) is 18.3 Å². The first-order chi connectivity index (χ1) is 13.6. The zero-order valence-corrected chi connectivity index (χ0v) is 16.7. The summed E-state index contributed by atoms with van der Waals surface area (Å²) in [5.74, 6) is 0.992. The number of aromatic nitrogens is 1. The Hall–Kier alpha value is -2.34. The average molecular weight is 448 g/mol. The van der Waals surface area contributed by atoms with E-state index in [0.29, 0.717) is 24.8 Å². The van der Waals surface area contributed by atoms with Gasteiger partial charge in [0.2, 0.25) is 0 Å². The minimum atomic E-state index is -2.87. The Labute approximate surface area is 171 Å². The highest BCUT2D eigenvalue weighted by Gasteiger charge is 2.23. The molecule has 6 heteroatoms. The fourth-order valence-corrected chi connectivity index (χ4v) is 3.44. The van der Waals surface area contributed by atoms with Crippen LogP contribution in [-0.4, -0.2) is 17.8 Å². The van der Waals surface area contributed by atoms with Crippen LogP contribution in [0.15, 0.2) is 65.4 Å². The van der Waals surface area contributed by atoms with Gasteiger partial charge in [0, 0.05) is 23.4 Å². The first-order valence-electron chi connectivity index (χ1n) is 9.19. The van der Waals surface area contributed by atoms with E-state index >= 15 is 0 Å². The first kappa shape index (κ1) is 19.0. The molecule has 4 rings (SSSR count). The lowest BCUT2D eigenvalue weighted by molar-refractivity contribution is -0.0515. The maximum atomic E-state index is 12.7. The normalized spacial score (nSPS) is 13.7. The molecule has 0 atom stereocenters. The molecular weight excluding hydrogens is 428 g/mol. The molecule has 1 heterocycles. The lowest BCUT2D eigenvalue weighted by Gasteiger charge is -2.14. The standard InChI is InChI=1S/C22H20BrF2NO2/c23-19-3-1-2-17(11-19)18-8-9-26(13-18)12-16-6-7-20(28-22(24)25)21(10-16)27-14-15-4-5-15/h1-3,6-11,13,15,22H,4-5,12,14H2. The molecule has 1 fully saturated rings. The summed E-state index contributed by atoms with van der Waals surface area (Å²) in [6, 6.07) is 15.3. The smallest absolute Gasteiger partial charge is 0.387 e. The summed E-state index contributed by atoms with van der Waals surface area (Å²) in [4.78, 5) is 0. The maximum absolute atomic E-state index is 12.7. The molecule has 1 aromatic heterocycles. The summed E-state index contributed by atoms with van der Waals surface area (Å²) < 4.78 is 38.8. The molecule has 3 nitrogen and oxygen atoms in total. The van der Waals surface area contributed by atoms with Crippen molar-refractivity contribution in [1.82, 2.24) is 4.57 Å². The molecule has 0 amide bonds. The molecule has 0 unspecified atom stereocenters. The highest BCUT2D eigenvalue weighted by molar-refractivity contribution is 9.10. The zero-order chi connectivity index (χ0) is 19.5. The number of alkyl halides is 2. The highest BCUT2D eigenvalue weighted by atomic mass is 79.9. The molecule has 1 saturated carbocycles. The Morgan fingerprint density at radius 1 is 1.04 bits per heavy atom. The van der Waals surface area contributed by atoms with E-state index in [0.717, 1.165) is 34.0 Å². The Balaban J connectivity index is 1.51. The van der Waals surface area contributed by atoms with Crippen LogP contribution in [0.5, 0.6) is 11.5 Å². The van der Waals surface area contributed by atoms with Crippen molar-refractivity contribution < 1.29 is 18.3 Å². The summed E-state index contributed by atoms with van der Waals surface area (Å²) >= 11 is 3.49. The van der Waals surface area contributed by atoms with E-state index in [1.54, 1.807) is 18.2 Å². The number of benzene rings is 2. The Bertz CT molecular complexity index is 953. The van der Waals surface area contributed by atoms with Gasteiger partial charge in [0.15, 0.2) is 11.5 Å². The van der Waals surface area contributed by atoms with E-state index in [-0.39, 0.29) is 5.75 Å². The lowest BCUT2D eigenvalue weighted by atomic mass is 10.1. The predicted molar refractivity (Wildman–Crippen MR) is 108 cm³/mol. The van der Waals surface area contributed by atoms with Crippen LogP contribution in [0.3, 0.4) is 0 Å². The molecule has 146 valence electrons. The van der Waals surface area contributed by atoms with Gasteiger partial charge in [-0.3, -0.25) is 0 Å². The Kier molecular flexibility index (Phi) is 5.67. The number of halogens is 3. The number of ether oxygens (including phenoxy) is 2. The van der Waals surface area contributed by atoms with Crippen LogP contribution in [0.4, 0.5) is 8.78 Å².